The monoisotopic (exact) mass is 275 g/mol. The van der Waals surface area contributed by atoms with E-state index in [9.17, 15) is 4.39 Å². The van der Waals surface area contributed by atoms with Crippen molar-refractivity contribution in [3.05, 3.63) is 35.3 Å². The highest BCUT2D eigenvalue weighted by Crippen LogP contribution is 2.25. The lowest BCUT2D eigenvalue weighted by atomic mass is 10.1. The molecule has 5 heteroatoms. The number of rotatable bonds is 3. The Morgan fingerprint density at radius 2 is 2.25 bits per heavy atom. The molecule has 2 N–H and O–H groups in total. The predicted octanol–water partition coefficient (Wildman–Crippen LogP) is 2.71. The van der Waals surface area contributed by atoms with Crippen molar-refractivity contribution in [3.8, 4) is 0 Å². The molecule has 20 heavy (non-hydrogen) atoms. The number of nitrogens with zero attached hydrogens (tertiary/aromatic N) is 1. The molecule has 0 atom stereocenters. The number of aliphatic imine (C=N–C) groups is 1. The minimum atomic E-state index is -0.243. The number of nitrogens with one attached hydrogen (secondary N) is 2. The highest BCUT2D eigenvalue weighted by molar-refractivity contribution is 5.83. The zero-order valence-corrected chi connectivity index (χ0v) is 11.7. The summed E-state index contributed by atoms with van der Waals surface area (Å²) in [6.07, 6.45) is 2.40. The lowest BCUT2D eigenvalue weighted by Gasteiger charge is -2.10. The van der Waals surface area contributed by atoms with Crippen LogP contribution < -0.4 is 10.6 Å². The van der Waals surface area contributed by atoms with Gasteiger partial charge in [0.25, 0.3) is 0 Å². The molecule has 2 aromatic rings. The Morgan fingerprint density at radius 3 is 2.95 bits per heavy atom. The summed E-state index contributed by atoms with van der Waals surface area (Å²) >= 11 is 0. The molecule has 0 unspecified atom stereocenters. The molecule has 4 nitrogen and oxygen atoms in total. The van der Waals surface area contributed by atoms with Gasteiger partial charge in [0, 0.05) is 24.0 Å². The summed E-state index contributed by atoms with van der Waals surface area (Å²) in [6, 6.07) is 5.13. The number of furan rings is 1. The van der Waals surface area contributed by atoms with Gasteiger partial charge in [-0.15, -0.1) is 0 Å². The van der Waals surface area contributed by atoms with E-state index in [1.54, 1.807) is 13.1 Å². The van der Waals surface area contributed by atoms with Gasteiger partial charge in [0.1, 0.15) is 17.2 Å². The van der Waals surface area contributed by atoms with Gasteiger partial charge < -0.3 is 15.1 Å². The van der Waals surface area contributed by atoms with Gasteiger partial charge in [-0.05, 0) is 38.0 Å². The van der Waals surface area contributed by atoms with E-state index in [-0.39, 0.29) is 5.82 Å². The summed E-state index contributed by atoms with van der Waals surface area (Å²) in [7, 11) is 1.75. The van der Waals surface area contributed by atoms with Gasteiger partial charge in [0.05, 0.1) is 6.54 Å². The fourth-order valence-corrected chi connectivity index (χ4v) is 2.19. The fourth-order valence-electron chi connectivity index (χ4n) is 2.19. The van der Waals surface area contributed by atoms with E-state index in [1.807, 2.05) is 6.92 Å². The van der Waals surface area contributed by atoms with E-state index in [2.05, 4.69) is 15.6 Å². The number of halogens is 1. The van der Waals surface area contributed by atoms with E-state index in [4.69, 9.17) is 4.42 Å². The zero-order chi connectivity index (χ0) is 14.1. The van der Waals surface area contributed by atoms with Crippen molar-refractivity contribution in [2.24, 2.45) is 4.99 Å². The molecule has 1 aromatic heterocycles. The van der Waals surface area contributed by atoms with E-state index in [0.717, 1.165) is 22.7 Å². The molecular formula is C15H18FN3O. The fraction of sp³-hybridized carbons (Fsp3) is 0.400. The first-order chi connectivity index (χ1) is 9.67. The summed E-state index contributed by atoms with van der Waals surface area (Å²) in [5, 5.41) is 7.36. The van der Waals surface area contributed by atoms with Crippen LogP contribution in [0.3, 0.4) is 0 Å². The maximum absolute atomic E-state index is 13.3. The summed E-state index contributed by atoms with van der Waals surface area (Å²) < 4.78 is 19.0. The van der Waals surface area contributed by atoms with E-state index in [1.165, 1.54) is 25.0 Å². The van der Waals surface area contributed by atoms with Crippen LogP contribution in [0.5, 0.6) is 0 Å². The predicted molar refractivity (Wildman–Crippen MR) is 77.3 cm³/mol. The van der Waals surface area contributed by atoms with Gasteiger partial charge >= 0.3 is 0 Å². The first-order valence-corrected chi connectivity index (χ1v) is 6.82. The van der Waals surface area contributed by atoms with Crippen LogP contribution in [0.4, 0.5) is 4.39 Å². The minimum Gasteiger partial charge on any atom is -0.459 e. The third-order valence-corrected chi connectivity index (χ3v) is 3.56. The Kier molecular flexibility index (Phi) is 3.34. The molecule has 3 rings (SSSR count). The first-order valence-electron chi connectivity index (χ1n) is 6.82. The molecule has 0 aliphatic heterocycles. The van der Waals surface area contributed by atoms with Gasteiger partial charge in [-0.25, -0.2) is 4.39 Å². The average molecular weight is 275 g/mol. The molecule has 1 heterocycles. The molecule has 0 amide bonds. The molecule has 1 aliphatic carbocycles. The number of guanidine groups is 1. The van der Waals surface area contributed by atoms with Crippen molar-refractivity contribution in [2.75, 3.05) is 7.05 Å². The third kappa shape index (κ3) is 2.61. The summed E-state index contributed by atoms with van der Waals surface area (Å²) in [5.74, 6) is 1.34. The van der Waals surface area contributed by atoms with Crippen LogP contribution in [-0.4, -0.2) is 19.0 Å². The molecule has 1 saturated carbocycles. The van der Waals surface area contributed by atoms with Crippen molar-refractivity contribution in [3.63, 3.8) is 0 Å². The van der Waals surface area contributed by atoms with E-state index < -0.39 is 0 Å². The lowest BCUT2D eigenvalue weighted by molar-refractivity contribution is 0.534. The second kappa shape index (κ2) is 5.15. The Balaban J connectivity index is 1.75. The SMILES string of the molecule is CN=C(NCc1oc2ccc(F)cc2c1C)NC1CC1. The van der Waals surface area contributed by atoms with Crippen LogP contribution in [0.15, 0.2) is 27.6 Å². The Labute approximate surface area is 117 Å². The van der Waals surface area contributed by atoms with Gasteiger partial charge in [-0.2, -0.15) is 0 Å². The zero-order valence-electron chi connectivity index (χ0n) is 11.7. The summed E-state index contributed by atoms with van der Waals surface area (Å²) in [5.41, 5.74) is 1.68. The van der Waals surface area contributed by atoms with Crippen LogP contribution in [0, 0.1) is 12.7 Å². The van der Waals surface area contributed by atoms with Gasteiger partial charge in [-0.3, -0.25) is 4.99 Å². The van der Waals surface area contributed by atoms with Crippen molar-refractivity contribution in [1.82, 2.24) is 10.6 Å². The molecule has 1 aromatic carbocycles. The van der Waals surface area contributed by atoms with Crippen molar-refractivity contribution in [2.45, 2.75) is 32.4 Å². The lowest BCUT2D eigenvalue weighted by Crippen LogP contribution is -2.38. The van der Waals surface area contributed by atoms with Crippen LogP contribution in [0.2, 0.25) is 0 Å². The second-order valence-electron chi connectivity index (χ2n) is 5.14. The third-order valence-electron chi connectivity index (χ3n) is 3.56. The number of aryl methyl sites for hydroxylation is 1. The quantitative estimate of drug-likeness (QED) is 0.669. The Hall–Kier alpha value is -2.04. The summed E-state index contributed by atoms with van der Waals surface area (Å²) in [6.45, 7) is 2.48. The maximum Gasteiger partial charge on any atom is 0.191 e. The molecule has 0 saturated heterocycles. The first kappa shape index (κ1) is 13.0. The molecule has 0 bridgehead atoms. The van der Waals surface area contributed by atoms with Gasteiger partial charge in [0.2, 0.25) is 0 Å². The minimum absolute atomic E-state index is 0.243. The number of fused-ring (bicyclic) bond motifs is 1. The largest absolute Gasteiger partial charge is 0.459 e. The van der Waals surface area contributed by atoms with Crippen LogP contribution in [0.25, 0.3) is 11.0 Å². The smallest absolute Gasteiger partial charge is 0.191 e. The van der Waals surface area contributed by atoms with Crippen LogP contribution in [0.1, 0.15) is 24.2 Å². The molecule has 1 fully saturated rings. The maximum atomic E-state index is 13.3. The van der Waals surface area contributed by atoms with Gasteiger partial charge in [0.15, 0.2) is 5.96 Å². The molecule has 1 aliphatic rings. The van der Waals surface area contributed by atoms with Gasteiger partial charge in [-0.1, -0.05) is 0 Å². The normalized spacial score (nSPS) is 15.7. The summed E-state index contributed by atoms with van der Waals surface area (Å²) in [4.78, 5) is 4.17. The van der Waals surface area contributed by atoms with Crippen molar-refractivity contribution < 1.29 is 8.81 Å². The molecule has 106 valence electrons. The van der Waals surface area contributed by atoms with E-state index >= 15 is 0 Å². The second-order valence-corrected chi connectivity index (χ2v) is 5.14. The highest BCUT2D eigenvalue weighted by atomic mass is 19.1. The molecule has 0 radical (unpaired) electrons. The topological polar surface area (TPSA) is 49.6 Å². The highest BCUT2D eigenvalue weighted by Gasteiger charge is 2.22. The number of hydrogen-bond acceptors (Lipinski definition) is 2. The standard InChI is InChI=1S/C15H18FN3O/c1-9-12-7-10(16)3-6-13(12)20-14(9)8-18-15(17-2)19-11-4-5-11/h3,6-7,11H,4-5,8H2,1-2H3,(H2,17,18,19). The molecular weight excluding hydrogens is 257 g/mol. The van der Waals surface area contributed by atoms with Crippen LogP contribution in [-0.2, 0) is 6.54 Å². The molecule has 0 spiro atoms. The number of hydrogen-bond donors (Lipinski definition) is 2. The number of benzene rings is 1. The Morgan fingerprint density at radius 1 is 1.45 bits per heavy atom. The van der Waals surface area contributed by atoms with Crippen LogP contribution >= 0.6 is 0 Å². The van der Waals surface area contributed by atoms with Crippen molar-refractivity contribution >= 4 is 16.9 Å². The Bertz CT molecular complexity index is 658. The van der Waals surface area contributed by atoms with E-state index in [0.29, 0.717) is 18.2 Å². The van der Waals surface area contributed by atoms with Crippen molar-refractivity contribution in [1.29, 1.82) is 0 Å². The average Bonchev–Trinajstić information content (AvgIpc) is 3.21.